The number of halogens is 1. The number of fused-ring (bicyclic) bond motifs is 1. The summed E-state index contributed by atoms with van der Waals surface area (Å²) >= 11 is 7.45. The molecule has 0 N–H and O–H groups in total. The Morgan fingerprint density at radius 2 is 1.72 bits per heavy atom. The van der Waals surface area contributed by atoms with Gasteiger partial charge in [0.1, 0.15) is 5.70 Å². The summed E-state index contributed by atoms with van der Waals surface area (Å²) in [5, 5.41) is 2.55. The Morgan fingerprint density at radius 3 is 2.48 bits per heavy atom. The van der Waals surface area contributed by atoms with Gasteiger partial charge in [0.2, 0.25) is 0 Å². The zero-order valence-electron chi connectivity index (χ0n) is 15.5. The zero-order valence-corrected chi connectivity index (χ0v) is 17.0. The maximum atomic E-state index is 13.5. The van der Waals surface area contributed by atoms with Crippen LogP contribution in [0.25, 0.3) is 5.57 Å². The molecule has 6 heteroatoms. The number of rotatable bonds is 4. The summed E-state index contributed by atoms with van der Waals surface area (Å²) in [6.07, 6.45) is 0.857. The molecule has 0 radical (unpaired) electrons. The van der Waals surface area contributed by atoms with Crippen molar-refractivity contribution >= 4 is 46.0 Å². The summed E-state index contributed by atoms with van der Waals surface area (Å²) in [5.41, 5.74) is 4.05. The summed E-state index contributed by atoms with van der Waals surface area (Å²) < 4.78 is 0. The standard InChI is InChI=1S/C23H17ClN2O2S/c24-17-9-7-15(8-10-17)14-26-22(27)20(19-6-3-13-29-19)21(23(26)28)25-12-11-16-4-1-2-5-18(16)25/h1-10,13H,11-12,14H2. The second kappa shape index (κ2) is 7.17. The number of anilines is 1. The number of hydrogen-bond donors (Lipinski definition) is 0. The van der Waals surface area contributed by atoms with Gasteiger partial charge in [-0.15, -0.1) is 11.3 Å². The highest BCUT2D eigenvalue weighted by molar-refractivity contribution is 7.11. The maximum Gasteiger partial charge on any atom is 0.278 e. The van der Waals surface area contributed by atoms with Gasteiger partial charge in [0.25, 0.3) is 11.8 Å². The number of para-hydroxylation sites is 1. The maximum absolute atomic E-state index is 13.5. The van der Waals surface area contributed by atoms with Crippen molar-refractivity contribution in [2.45, 2.75) is 13.0 Å². The highest BCUT2D eigenvalue weighted by atomic mass is 35.5. The topological polar surface area (TPSA) is 40.6 Å². The van der Waals surface area contributed by atoms with Crippen LogP contribution < -0.4 is 4.90 Å². The zero-order chi connectivity index (χ0) is 20.0. The van der Waals surface area contributed by atoms with Crippen LogP contribution in [0.3, 0.4) is 0 Å². The van der Waals surface area contributed by atoms with Gasteiger partial charge < -0.3 is 4.90 Å². The predicted molar refractivity (Wildman–Crippen MR) is 116 cm³/mol. The lowest BCUT2D eigenvalue weighted by Gasteiger charge is -2.21. The van der Waals surface area contributed by atoms with Crippen molar-refractivity contribution < 1.29 is 9.59 Å². The molecule has 4 nitrogen and oxygen atoms in total. The van der Waals surface area contributed by atoms with Gasteiger partial charge in [-0.25, -0.2) is 0 Å². The fourth-order valence-corrected chi connectivity index (χ4v) is 4.83. The molecule has 29 heavy (non-hydrogen) atoms. The van der Waals surface area contributed by atoms with Crippen LogP contribution in [0, 0.1) is 0 Å². The fraction of sp³-hybridized carbons (Fsp3) is 0.130. The van der Waals surface area contributed by atoms with Gasteiger partial charge in [0.05, 0.1) is 12.1 Å². The minimum absolute atomic E-state index is 0.225. The Balaban J connectivity index is 1.57. The highest BCUT2D eigenvalue weighted by Gasteiger charge is 2.43. The third-order valence-corrected chi connectivity index (χ3v) is 6.46. The number of carbonyl (C=O) groups excluding carboxylic acids is 2. The molecule has 5 rings (SSSR count). The molecular formula is C23H17ClN2O2S. The normalized spacial score (nSPS) is 16.2. The van der Waals surface area contributed by atoms with E-state index in [1.54, 1.807) is 12.1 Å². The van der Waals surface area contributed by atoms with Crippen LogP contribution in [0.5, 0.6) is 0 Å². The van der Waals surface area contributed by atoms with Crippen molar-refractivity contribution in [3.63, 3.8) is 0 Å². The van der Waals surface area contributed by atoms with Crippen molar-refractivity contribution in [3.05, 3.63) is 92.8 Å². The van der Waals surface area contributed by atoms with Gasteiger partial charge in [-0.1, -0.05) is 48.0 Å². The van der Waals surface area contributed by atoms with Gasteiger partial charge in [0, 0.05) is 22.1 Å². The van der Waals surface area contributed by atoms with E-state index in [2.05, 4.69) is 6.07 Å². The minimum Gasteiger partial charge on any atom is -0.336 e. The first-order valence-electron chi connectivity index (χ1n) is 9.38. The average molecular weight is 421 g/mol. The Bertz CT molecular complexity index is 1140. The van der Waals surface area contributed by atoms with Crippen molar-refractivity contribution in [1.29, 1.82) is 0 Å². The summed E-state index contributed by atoms with van der Waals surface area (Å²) in [6, 6.07) is 19.1. The summed E-state index contributed by atoms with van der Waals surface area (Å²) in [4.78, 5) is 31.0. The first-order valence-corrected chi connectivity index (χ1v) is 10.6. The number of imide groups is 1. The van der Waals surface area contributed by atoms with Crippen molar-refractivity contribution in [2.24, 2.45) is 0 Å². The molecule has 1 aromatic heterocycles. The van der Waals surface area contributed by atoms with Gasteiger partial charge in [-0.2, -0.15) is 0 Å². The lowest BCUT2D eigenvalue weighted by molar-refractivity contribution is -0.137. The second-order valence-corrected chi connectivity index (χ2v) is 8.44. The van der Waals surface area contributed by atoms with Crippen LogP contribution in [-0.4, -0.2) is 23.3 Å². The van der Waals surface area contributed by atoms with Gasteiger partial charge in [-0.05, 0) is 47.2 Å². The molecule has 0 atom stereocenters. The molecule has 0 spiro atoms. The van der Waals surface area contributed by atoms with E-state index in [0.717, 1.165) is 22.5 Å². The molecule has 3 heterocycles. The summed E-state index contributed by atoms with van der Waals surface area (Å²) in [5.74, 6) is -0.489. The van der Waals surface area contributed by atoms with Gasteiger partial charge in [0.15, 0.2) is 0 Å². The van der Waals surface area contributed by atoms with Crippen molar-refractivity contribution in [2.75, 3.05) is 11.4 Å². The monoisotopic (exact) mass is 420 g/mol. The van der Waals surface area contributed by atoms with E-state index in [0.29, 0.717) is 22.8 Å². The van der Waals surface area contributed by atoms with Crippen LogP contribution in [0.15, 0.2) is 71.7 Å². The second-order valence-electron chi connectivity index (χ2n) is 7.05. The van der Waals surface area contributed by atoms with Crippen molar-refractivity contribution in [3.8, 4) is 0 Å². The van der Waals surface area contributed by atoms with Crippen LogP contribution in [0.4, 0.5) is 5.69 Å². The van der Waals surface area contributed by atoms with Crippen LogP contribution >= 0.6 is 22.9 Å². The molecular weight excluding hydrogens is 404 g/mol. The molecule has 3 aromatic rings. The average Bonchev–Trinajstić information content (AvgIpc) is 3.44. The van der Waals surface area contributed by atoms with Crippen LogP contribution in [0.2, 0.25) is 5.02 Å². The van der Waals surface area contributed by atoms with Crippen LogP contribution in [-0.2, 0) is 22.6 Å². The molecule has 0 bridgehead atoms. The molecule has 2 aliphatic rings. The number of carbonyl (C=O) groups is 2. The quantitative estimate of drug-likeness (QED) is 0.572. The predicted octanol–water partition coefficient (Wildman–Crippen LogP) is 4.74. The minimum atomic E-state index is -0.245. The third kappa shape index (κ3) is 3.07. The lowest BCUT2D eigenvalue weighted by Crippen LogP contribution is -2.34. The Kier molecular flexibility index (Phi) is 4.49. The molecule has 2 aromatic carbocycles. The fourth-order valence-electron chi connectivity index (χ4n) is 3.94. The molecule has 144 valence electrons. The number of nitrogens with zero attached hydrogens (tertiary/aromatic N) is 2. The largest absolute Gasteiger partial charge is 0.336 e. The molecule has 0 aliphatic carbocycles. The smallest absolute Gasteiger partial charge is 0.278 e. The molecule has 2 amide bonds. The molecule has 0 fully saturated rings. The number of hydrogen-bond acceptors (Lipinski definition) is 4. The number of thiophene rings is 1. The molecule has 0 unspecified atom stereocenters. The first kappa shape index (κ1) is 18.2. The van der Waals surface area contributed by atoms with E-state index in [4.69, 9.17) is 11.6 Å². The number of amides is 2. The third-order valence-electron chi connectivity index (χ3n) is 5.32. The highest BCUT2D eigenvalue weighted by Crippen LogP contribution is 2.40. The summed E-state index contributed by atoms with van der Waals surface area (Å²) in [7, 11) is 0. The van der Waals surface area contributed by atoms with E-state index in [-0.39, 0.29) is 18.4 Å². The Morgan fingerprint density at radius 1 is 0.931 bits per heavy atom. The first-order chi connectivity index (χ1) is 14.1. The van der Waals surface area contributed by atoms with Gasteiger partial charge in [-0.3, -0.25) is 14.5 Å². The number of benzene rings is 2. The summed E-state index contributed by atoms with van der Waals surface area (Å²) in [6.45, 7) is 0.917. The molecule has 0 saturated carbocycles. The Hall–Kier alpha value is -2.89. The van der Waals surface area contributed by atoms with E-state index >= 15 is 0 Å². The molecule has 2 aliphatic heterocycles. The van der Waals surface area contributed by atoms with E-state index in [1.807, 2.05) is 52.7 Å². The van der Waals surface area contributed by atoms with E-state index in [9.17, 15) is 9.59 Å². The SMILES string of the molecule is O=C1C(c2cccs2)=C(N2CCc3ccccc32)C(=O)N1Cc1ccc(Cl)cc1. The van der Waals surface area contributed by atoms with E-state index < -0.39 is 0 Å². The Labute approximate surface area is 177 Å². The van der Waals surface area contributed by atoms with Gasteiger partial charge >= 0.3 is 0 Å². The van der Waals surface area contributed by atoms with E-state index in [1.165, 1.54) is 21.8 Å². The van der Waals surface area contributed by atoms with Crippen molar-refractivity contribution in [1.82, 2.24) is 4.90 Å². The van der Waals surface area contributed by atoms with Crippen LogP contribution in [0.1, 0.15) is 16.0 Å². The lowest BCUT2D eigenvalue weighted by atomic mass is 10.1. The molecule has 0 saturated heterocycles.